The van der Waals surface area contributed by atoms with Crippen molar-refractivity contribution in [2.24, 2.45) is 0 Å². The third-order valence-electron chi connectivity index (χ3n) is 10.6. The summed E-state index contributed by atoms with van der Waals surface area (Å²) < 4.78 is 11.3. The van der Waals surface area contributed by atoms with Crippen molar-refractivity contribution in [3.8, 4) is 17.1 Å². The molecule has 0 aliphatic rings. The van der Waals surface area contributed by atoms with E-state index in [9.17, 15) is 0 Å². The van der Waals surface area contributed by atoms with Crippen LogP contribution in [0.1, 0.15) is 0 Å². The summed E-state index contributed by atoms with van der Waals surface area (Å²) in [7, 11) is 0. The molecule has 0 radical (unpaired) electrons. The van der Waals surface area contributed by atoms with Gasteiger partial charge < -0.3 is 4.42 Å². The average Bonchev–Trinajstić information content (AvgIpc) is 3.87. The van der Waals surface area contributed by atoms with Crippen LogP contribution in [0.15, 0.2) is 156 Å². The molecule has 0 unspecified atom stereocenters. The molecule has 0 N–H and O–H groups in total. The van der Waals surface area contributed by atoms with Gasteiger partial charge in [0.05, 0.1) is 15.7 Å². The minimum Gasteiger partial charge on any atom is -0.436 e. The molecule has 8 aromatic carbocycles. The number of furan rings is 1. The maximum Gasteiger partial charge on any atom is 0.247 e. The minimum atomic E-state index is 0.535. The summed E-state index contributed by atoms with van der Waals surface area (Å²) in [4.78, 5) is 10.9. The summed E-state index contributed by atoms with van der Waals surface area (Å²) >= 11 is 1.88. The van der Waals surface area contributed by atoms with Crippen LogP contribution in [-0.4, -0.2) is 14.5 Å². The molecule has 5 heteroatoms. The lowest BCUT2D eigenvalue weighted by molar-refractivity contribution is 0.653. The van der Waals surface area contributed by atoms with Crippen LogP contribution in [0, 0.1) is 0 Å². The Balaban J connectivity index is 1.33. The number of thiophene rings is 1. The van der Waals surface area contributed by atoms with E-state index in [0.29, 0.717) is 5.71 Å². The maximum atomic E-state index is 6.38. The predicted molar refractivity (Wildman–Crippen MR) is 214 cm³/mol. The van der Waals surface area contributed by atoms with Gasteiger partial charge in [0.2, 0.25) is 5.71 Å². The first-order valence-electron chi connectivity index (χ1n) is 17.2. The molecule has 4 aromatic heterocycles. The van der Waals surface area contributed by atoms with Crippen LogP contribution in [0.25, 0.3) is 114 Å². The molecule has 0 aliphatic heterocycles. The molecule has 4 heterocycles. The van der Waals surface area contributed by atoms with Gasteiger partial charge in [-0.3, -0.25) is 4.57 Å². The third kappa shape index (κ3) is 3.68. The molecule has 0 fully saturated rings. The number of hydrogen-bond donors (Lipinski definition) is 0. The molecule has 236 valence electrons. The molecule has 12 rings (SSSR count). The van der Waals surface area contributed by atoms with Crippen LogP contribution < -0.4 is 0 Å². The van der Waals surface area contributed by atoms with Gasteiger partial charge in [0.15, 0.2) is 5.82 Å². The molecule has 0 aliphatic carbocycles. The first-order valence-corrected chi connectivity index (χ1v) is 18.0. The van der Waals surface area contributed by atoms with E-state index in [-0.39, 0.29) is 0 Å². The van der Waals surface area contributed by atoms with E-state index in [2.05, 4.69) is 138 Å². The molecule has 0 atom stereocenters. The van der Waals surface area contributed by atoms with Crippen molar-refractivity contribution in [3.63, 3.8) is 0 Å². The second-order valence-corrected chi connectivity index (χ2v) is 14.3. The Hall–Kier alpha value is -6.56. The highest BCUT2D eigenvalue weighted by Crippen LogP contribution is 2.49. The standard InChI is InChI=1S/C46H25N3OS/c1-2-13-28-25-29(22-21-26(28)11-1)40-45(47-41-34-18-8-10-20-37(34)50-46(41)48-40)49-36-19-9-7-17-33(36)38-31-15-5-6-16-32(31)39-35-24-23-27-12-3-4-14-30(27)43(35)51-44(39)42(38)49/h1-25H. The highest BCUT2D eigenvalue weighted by atomic mass is 32.1. The second kappa shape index (κ2) is 10.0. The Morgan fingerprint density at radius 1 is 0.490 bits per heavy atom. The first kappa shape index (κ1) is 27.3. The molecule has 0 amide bonds. The SMILES string of the molecule is c1ccc2cc(-c3nc4oc5ccccc5c4nc3-n3c4ccccc4c4c5ccccc5c5c6ccc7ccccc7c6sc5c43)ccc2c1. The van der Waals surface area contributed by atoms with Gasteiger partial charge in [0.1, 0.15) is 16.8 Å². The van der Waals surface area contributed by atoms with E-state index >= 15 is 0 Å². The summed E-state index contributed by atoms with van der Waals surface area (Å²) in [6.45, 7) is 0. The van der Waals surface area contributed by atoms with Crippen LogP contribution in [-0.2, 0) is 0 Å². The zero-order valence-electron chi connectivity index (χ0n) is 27.1. The number of fused-ring (bicyclic) bond motifs is 16. The highest BCUT2D eigenvalue weighted by molar-refractivity contribution is 7.27. The minimum absolute atomic E-state index is 0.535. The summed E-state index contributed by atoms with van der Waals surface area (Å²) in [5.74, 6) is 0.787. The molecule has 51 heavy (non-hydrogen) atoms. The average molecular weight is 668 g/mol. The smallest absolute Gasteiger partial charge is 0.247 e. The molecule has 4 nitrogen and oxygen atoms in total. The van der Waals surface area contributed by atoms with Crippen molar-refractivity contribution in [3.05, 3.63) is 152 Å². The Morgan fingerprint density at radius 2 is 1.16 bits per heavy atom. The van der Waals surface area contributed by atoms with Gasteiger partial charge in [-0.2, -0.15) is 0 Å². The third-order valence-corrected chi connectivity index (χ3v) is 11.8. The van der Waals surface area contributed by atoms with Gasteiger partial charge in [0, 0.05) is 37.2 Å². The Kier molecular flexibility index (Phi) is 5.35. The Labute approximate surface area is 294 Å². The van der Waals surface area contributed by atoms with Gasteiger partial charge in [-0.05, 0) is 56.6 Å². The van der Waals surface area contributed by atoms with Gasteiger partial charge in [-0.25, -0.2) is 9.97 Å². The van der Waals surface area contributed by atoms with Gasteiger partial charge in [-0.15, -0.1) is 11.3 Å². The zero-order chi connectivity index (χ0) is 33.2. The number of hydrogen-bond acceptors (Lipinski definition) is 4. The number of benzene rings is 8. The molecular formula is C46H25N3OS. The van der Waals surface area contributed by atoms with Crippen molar-refractivity contribution >= 4 is 108 Å². The lowest BCUT2D eigenvalue weighted by Crippen LogP contribution is -2.03. The summed E-state index contributed by atoms with van der Waals surface area (Å²) in [6, 6.07) is 54.1. The quantitative estimate of drug-likeness (QED) is 0.184. The molecule has 0 saturated carbocycles. The summed E-state index contributed by atoms with van der Waals surface area (Å²) in [5.41, 5.74) is 6.09. The lowest BCUT2D eigenvalue weighted by atomic mass is 9.98. The van der Waals surface area contributed by atoms with Crippen LogP contribution in [0.3, 0.4) is 0 Å². The fourth-order valence-electron chi connectivity index (χ4n) is 8.33. The molecular weight excluding hydrogens is 643 g/mol. The van der Waals surface area contributed by atoms with Crippen molar-refractivity contribution in [2.75, 3.05) is 0 Å². The van der Waals surface area contributed by atoms with Crippen LogP contribution >= 0.6 is 11.3 Å². The molecule has 0 saturated heterocycles. The Bertz CT molecular complexity index is 3440. The fourth-order valence-corrected chi connectivity index (χ4v) is 9.72. The fraction of sp³-hybridized carbons (Fsp3) is 0. The number of aromatic nitrogens is 3. The van der Waals surface area contributed by atoms with Crippen molar-refractivity contribution in [1.29, 1.82) is 0 Å². The number of rotatable bonds is 2. The van der Waals surface area contributed by atoms with E-state index in [4.69, 9.17) is 14.4 Å². The van der Waals surface area contributed by atoms with E-state index in [1.165, 1.54) is 57.9 Å². The van der Waals surface area contributed by atoms with Crippen molar-refractivity contribution in [1.82, 2.24) is 14.5 Å². The van der Waals surface area contributed by atoms with Crippen molar-refractivity contribution in [2.45, 2.75) is 0 Å². The second-order valence-electron chi connectivity index (χ2n) is 13.3. The van der Waals surface area contributed by atoms with Gasteiger partial charge >= 0.3 is 0 Å². The van der Waals surface area contributed by atoms with E-state index in [0.717, 1.165) is 50.0 Å². The monoisotopic (exact) mass is 667 g/mol. The number of para-hydroxylation sites is 2. The van der Waals surface area contributed by atoms with Crippen molar-refractivity contribution < 1.29 is 4.42 Å². The summed E-state index contributed by atoms with van der Waals surface area (Å²) in [5, 5.41) is 13.3. The van der Waals surface area contributed by atoms with Crippen LogP contribution in [0.5, 0.6) is 0 Å². The Morgan fingerprint density at radius 3 is 2.02 bits per heavy atom. The highest BCUT2D eigenvalue weighted by Gasteiger charge is 2.26. The van der Waals surface area contributed by atoms with E-state index in [1.807, 2.05) is 29.5 Å². The van der Waals surface area contributed by atoms with Gasteiger partial charge in [0.25, 0.3) is 0 Å². The van der Waals surface area contributed by atoms with Gasteiger partial charge in [-0.1, -0.05) is 127 Å². The summed E-state index contributed by atoms with van der Waals surface area (Å²) in [6.07, 6.45) is 0. The molecule has 0 bridgehead atoms. The van der Waals surface area contributed by atoms with E-state index < -0.39 is 0 Å². The van der Waals surface area contributed by atoms with Crippen LogP contribution in [0.4, 0.5) is 0 Å². The normalized spacial score (nSPS) is 12.3. The van der Waals surface area contributed by atoms with Crippen LogP contribution in [0.2, 0.25) is 0 Å². The zero-order valence-corrected chi connectivity index (χ0v) is 27.9. The van der Waals surface area contributed by atoms with E-state index in [1.54, 1.807) is 0 Å². The number of nitrogens with zero attached hydrogens (tertiary/aromatic N) is 3. The lowest BCUT2D eigenvalue weighted by Gasteiger charge is -2.14. The first-order chi connectivity index (χ1) is 25.3. The predicted octanol–water partition coefficient (Wildman–Crippen LogP) is 13.0. The largest absolute Gasteiger partial charge is 0.436 e. The maximum absolute atomic E-state index is 6.38. The molecule has 12 aromatic rings. The molecule has 0 spiro atoms. The topological polar surface area (TPSA) is 43.9 Å².